The Bertz CT molecular complexity index is 773. The van der Waals surface area contributed by atoms with Crippen molar-refractivity contribution in [2.24, 2.45) is 5.92 Å². The van der Waals surface area contributed by atoms with Crippen molar-refractivity contribution >= 4 is 7.60 Å². The molecular weight excluding hydrogens is 401 g/mol. The van der Waals surface area contributed by atoms with E-state index in [1.54, 1.807) is 13.8 Å². The average molecular weight is 428 g/mol. The molecule has 0 saturated carbocycles. The Morgan fingerprint density at radius 2 is 1.82 bits per heavy atom. The van der Waals surface area contributed by atoms with Crippen LogP contribution in [0, 0.1) is 5.92 Å². The number of rotatable bonds is 8. The highest BCUT2D eigenvalue weighted by molar-refractivity contribution is 7.53. The predicted molar refractivity (Wildman–Crippen MR) is 97.5 cm³/mol. The highest BCUT2D eigenvalue weighted by atomic mass is 31.2. The van der Waals surface area contributed by atoms with E-state index in [0.29, 0.717) is 4.57 Å². The van der Waals surface area contributed by atoms with Gasteiger partial charge in [-0.3, -0.25) is 18.9 Å². The van der Waals surface area contributed by atoms with Crippen molar-refractivity contribution < 1.29 is 31.9 Å². The summed E-state index contributed by atoms with van der Waals surface area (Å²) in [5.41, 5.74) is -1.76. The molecule has 3 atom stereocenters. The Hall–Kier alpha value is -1.39. The summed E-state index contributed by atoms with van der Waals surface area (Å²) in [6.07, 6.45) is -3.10. The maximum atomic E-state index is 14.5. The van der Waals surface area contributed by atoms with Gasteiger partial charge in [0.2, 0.25) is 6.23 Å². The van der Waals surface area contributed by atoms with Crippen LogP contribution in [0.2, 0.25) is 0 Å². The highest BCUT2D eigenvalue weighted by Gasteiger charge is 2.58. The van der Waals surface area contributed by atoms with Gasteiger partial charge < -0.3 is 18.5 Å². The number of aromatic amines is 1. The summed E-state index contributed by atoms with van der Waals surface area (Å²) in [7, 11) is -3.61. The van der Waals surface area contributed by atoms with E-state index in [2.05, 4.69) is 0 Å². The van der Waals surface area contributed by atoms with Crippen LogP contribution in [0.25, 0.3) is 0 Å². The fraction of sp³-hybridized carbons (Fsp3) is 0.750. The van der Waals surface area contributed by atoms with Gasteiger partial charge in [0, 0.05) is 12.3 Å². The molecule has 28 heavy (non-hydrogen) atoms. The van der Waals surface area contributed by atoms with E-state index in [1.165, 1.54) is 6.92 Å². The SMILES string of the molecule is CC.CCOP(=O)(COC1OC(n2ccc(=O)[nH]c2=O)C(F)(F)C1C)OCC. The molecule has 0 aliphatic carbocycles. The molecule has 9 nitrogen and oxygen atoms in total. The van der Waals surface area contributed by atoms with Gasteiger partial charge in [-0.1, -0.05) is 20.8 Å². The van der Waals surface area contributed by atoms with Crippen molar-refractivity contribution in [2.45, 2.75) is 53.1 Å². The molecule has 0 spiro atoms. The van der Waals surface area contributed by atoms with E-state index in [0.717, 1.165) is 12.3 Å². The van der Waals surface area contributed by atoms with Gasteiger partial charge in [0.05, 0.1) is 19.1 Å². The van der Waals surface area contributed by atoms with Crippen molar-refractivity contribution in [3.8, 4) is 0 Å². The minimum Gasteiger partial charge on any atom is -0.339 e. The Morgan fingerprint density at radius 1 is 1.25 bits per heavy atom. The molecule has 0 bridgehead atoms. The van der Waals surface area contributed by atoms with Gasteiger partial charge in [-0.05, 0) is 13.8 Å². The van der Waals surface area contributed by atoms with Crippen LogP contribution in [0.1, 0.15) is 40.8 Å². The molecule has 1 fully saturated rings. The Balaban J connectivity index is 0.00000190. The maximum absolute atomic E-state index is 14.5. The summed E-state index contributed by atoms with van der Waals surface area (Å²) in [6.45, 7) is 8.56. The van der Waals surface area contributed by atoms with Gasteiger partial charge in [0.25, 0.3) is 11.5 Å². The molecule has 12 heteroatoms. The summed E-state index contributed by atoms with van der Waals surface area (Å²) in [5.74, 6) is -4.93. The molecule has 2 rings (SSSR count). The average Bonchev–Trinajstić information content (AvgIpc) is 2.86. The fourth-order valence-corrected chi connectivity index (χ4v) is 3.80. The first-order valence-corrected chi connectivity index (χ1v) is 10.7. The lowest BCUT2D eigenvalue weighted by molar-refractivity contribution is -0.166. The first kappa shape index (κ1) is 24.6. The van der Waals surface area contributed by atoms with Gasteiger partial charge in [-0.2, -0.15) is 0 Å². The van der Waals surface area contributed by atoms with Crippen LogP contribution in [0.4, 0.5) is 8.78 Å². The molecule has 1 aromatic rings. The lowest BCUT2D eigenvalue weighted by Gasteiger charge is -2.21. The first-order chi connectivity index (χ1) is 13.1. The molecule has 1 saturated heterocycles. The van der Waals surface area contributed by atoms with Gasteiger partial charge in [0.1, 0.15) is 0 Å². The van der Waals surface area contributed by atoms with Gasteiger partial charge in [-0.25, -0.2) is 13.6 Å². The molecule has 1 aliphatic rings. The third-order valence-electron chi connectivity index (χ3n) is 3.76. The standard InChI is InChI=1S/C14H21F2N2O7P.C2H6/c1-4-23-26(21,24-5-2)8-22-11-9(3)14(15,16)12(25-11)18-7-6-10(19)17-13(18)20;1-2/h6-7,9,11-12H,4-5,8H2,1-3H3,(H,17,19,20);1-2H3. The number of aromatic nitrogens is 2. The molecule has 1 N–H and O–H groups in total. The van der Waals surface area contributed by atoms with Crippen LogP contribution >= 0.6 is 7.60 Å². The molecule has 1 aromatic heterocycles. The van der Waals surface area contributed by atoms with E-state index < -0.39 is 49.6 Å². The van der Waals surface area contributed by atoms with Crippen LogP contribution in [0.5, 0.6) is 0 Å². The monoisotopic (exact) mass is 428 g/mol. The minimum absolute atomic E-state index is 0.0905. The predicted octanol–water partition coefficient (Wildman–Crippen LogP) is 2.93. The van der Waals surface area contributed by atoms with Crippen molar-refractivity contribution in [1.29, 1.82) is 0 Å². The van der Waals surface area contributed by atoms with Crippen molar-refractivity contribution in [3.05, 3.63) is 33.1 Å². The molecule has 3 unspecified atom stereocenters. The summed E-state index contributed by atoms with van der Waals surface area (Å²) >= 11 is 0. The number of ether oxygens (including phenoxy) is 2. The Kier molecular flexibility index (Phi) is 9.16. The number of halogens is 2. The molecule has 0 aromatic carbocycles. The lowest BCUT2D eigenvalue weighted by Crippen LogP contribution is -2.39. The quantitative estimate of drug-likeness (QED) is 0.634. The number of hydrogen-bond acceptors (Lipinski definition) is 7. The van der Waals surface area contributed by atoms with E-state index in [9.17, 15) is 22.9 Å². The Morgan fingerprint density at radius 3 is 2.32 bits per heavy atom. The lowest BCUT2D eigenvalue weighted by atomic mass is 10.1. The molecular formula is C16H27F2N2O7P. The third-order valence-corrected chi connectivity index (χ3v) is 5.53. The van der Waals surface area contributed by atoms with E-state index in [-0.39, 0.29) is 13.2 Å². The van der Waals surface area contributed by atoms with E-state index >= 15 is 0 Å². The third kappa shape index (κ3) is 5.57. The van der Waals surface area contributed by atoms with E-state index in [1.807, 2.05) is 18.8 Å². The second kappa shape index (κ2) is 10.4. The van der Waals surface area contributed by atoms with Gasteiger partial charge in [-0.15, -0.1) is 0 Å². The zero-order valence-electron chi connectivity index (χ0n) is 16.5. The van der Waals surface area contributed by atoms with Crippen LogP contribution < -0.4 is 11.2 Å². The number of nitrogens with one attached hydrogen (secondary N) is 1. The number of nitrogens with zero attached hydrogens (tertiary/aromatic N) is 1. The summed E-state index contributed by atoms with van der Waals surface area (Å²) in [4.78, 5) is 24.8. The first-order valence-electron chi connectivity index (χ1n) is 8.99. The second-order valence-electron chi connectivity index (χ2n) is 5.58. The van der Waals surface area contributed by atoms with Crippen molar-refractivity contribution in [1.82, 2.24) is 9.55 Å². The second-order valence-corrected chi connectivity index (χ2v) is 7.58. The van der Waals surface area contributed by atoms with Crippen LogP contribution in [0.15, 0.2) is 21.9 Å². The van der Waals surface area contributed by atoms with Crippen LogP contribution in [-0.2, 0) is 23.1 Å². The van der Waals surface area contributed by atoms with E-state index in [4.69, 9.17) is 18.5 Å². The fourth-order valence-electron chi connectivity index (χ4n) is 2.46. The van der Waals surface area contributed by atoms with Crippen molar-refractivity contribution in [2.75, 3.05) is 19.6 Å². The smallest absolute Gasteiger partial charge is 0.339 e. The largest absolute Gasteiger partial charge is 0.356 e. The minimum atomic E-state index is -3.61. The normalized spacial score (nSPS) is 23.9. The van der Waals surface area contributed by atoms with Gasteiger partial charge >= 0.3 is 13.3 Å². The number of H-pyrrole nitrogens is 1. The Labute approximate surface area is 161 Å². The van der Waals surface area contributed by atoms with Crippen molar-refractivity contribution in [3.63, 3.8) is 0 Å². The molecule has 162 valence electrons. The molecule has 1 aliphatic heterocycles. The van der Waals surface area contributed by atoms with Gasteiger partial charge in [0.15, 0.2) is 12.6 Å². The maximum Gasteiger partial charge on any atom is 0.356 e. The highest BCUT2D eigenvalue weighted by Crippen LogP contribution is 2.51. The molecule has 0 amide bonds. The summed E-state index contributed by atoms with van der Waals surface area (Å²) in [5, 5.41) is 0. The summed E-state index contributed by atoms with van der Waals surface area (Å²) in [6, 6.07) is 0.929. The molecule has 2 heterocycles. The zero-order valence-corrected chi connectivity index (χ0v) is 17.4. The number of hydrogen-bond donors (Lipinski definition) is 1. The topological polar surface area (TPSA) is 109 Å². The number of alkyl halides is 2. The van der Waals surface area contributed by atoms with Crippen LogP contribution in [-0.4, -0.2) is 41.3 Å². The zero-order chi connectivity index (χ0) is 21.5. The summed E-state index contributed by atoms with van der Waals surface area (Å²) < 4.78 is 62.5. The molecule has 0 radical (unpaired) electrons. The van der Waals surface area contributed by atoms with Crippen LogP contribution in [0.3, 0.4) is 0 Å².